The first-order valence-electron chi connectivity index (χ1n) is 10.6. The maximum absolute atomic E-state index is 13.8. The van der Waals surface area contributed by atoms with E-state index in [1.54, 1.807) is 18.2 Å². The van der Waals surface area contributed by atoms with Gasteiger partial charge in [0.25, 0.3) is 0 Å². The van der Waals surface area contributed by atoms with Crippen LogP contribution in [0, 0.1) is 11.8 Å². The van der Waals surface area contributed by atoms with E-state index in [0.717, 1.165) is 27.9 Å². The molecule has 4 unspecified atom stereocenters. The van der Waals surface area contributed by atoms with Gasteiger partial charge in [-0.25, -0.2) is 4.90 Å². The van der Waals surface area contributed by atoms with Gasteiger partial charge in [0.15, 0.2) is 0 Å². The van der Waals surface area contributed by atoms with Crippen molar-refractivity contribution in [1.82, 2.24) is 4.90 Å². The molecule has 3 fully saturated rings. The van der Waals surface area contributed by atoms with E-state index in [4.69, 9.17) is 0 Å². The van der Waals surface area contributed by atoms with E-state index >= 15 is 0 Å². The number of benzene rings is 2. The fourth-order valence-electron chi connectivity index (χ4n) is 6.25. The average Bonchev–Trinajstić information content (AvgIpc) is 3.46. The highest BCUT2D eigenvalue weighted by Gasteiger charge is 2.74. The summed E-state index contributed by atoms with van der Waals surface area (Å²) < 4.78 is 40.6. The summed E-state index contributed by atoms with van der Waals surface area (Å²) in [4.78, 5) is 43.7. The molecule has 4 heterocycles. The summed E-state index contributed by atoms with van der Waals surface area (Å²) in [5, 5.41) is 2.87. The molecule has 0 radical (unpaired) electrons. The lowest BCUT2D eigenvalue weighted by Crippen LogP contribution is -2.54. The molecule has 4 aliphatic rings. The van der Waals surface area contributed by atoms with Gasteiger partial charge >= 0.3 is 6.18 Å². The number of nitrogens with zero attached hydrogens (tertiary/aromatic N) is 2. The number of rotatable bonds is 1. The molecular formula is C23H17BrF3N3O3. The van der Waals surface area contributed by atoms with E-state index in [-0.39, 0.29) is 17.6 Å². The lowest BCUT2D eigenvalue weighted by Gasteiger charge is -2.36. The number of fused-ring (bicyclic) bond motifs is 7. The van der Waals surface area contributed by atoms with Crippen LogP contribution in [0.2, 0.25) is 0 Å². The van der Waals surface area contributed by atoms with Crippen LogP contribution in [0.1, 0.15) is 24.0 Å². The second kappa shape index (κ2) is 6.66. The van der Waals surface area contributed by atoms with Crippen molar-refractivity contribution in [2.45, 2.75) is 30.6 Å². The Morgan fingerprint density at radius 2 is 1.85 bits per heavy atom. The number of carbonyl (C=O) groups excluding carboxylic acids is 3. The third-order valence-corrected chi connectivity index (χ3v) is 7.88. The zero-order valence-corrected chi connectivity index (χ0v) is 18.6. The first-order chi connectivity index (χ1) is 15.7. The average molecular weight is 520 g/mol. The SMILES string of the molecule is O=C1C2C3CCCN3C3(C(=O)Nc4ccc(Br)cc43)C2C(=O)N1c1cccc(C(F)(F)F)c1. The van der Waals surface area contributed by atoms with E-state index in [1.165, 1.54) is 12.1 Å². The summed E-state index contributed by atoms with van der Waals surface area (Å²) in [5.74, 6) is -3.37. The fraction of sp³-hybridized carbons (Fsp3) is 0.348. The maximum Gasteiger partial charge on any atom is 0.416 e. The van der Waals surface area contributed by atoms with Gasteiger partial charge in [-0.15, -0.1) is 0 Å². The Hall–Kier alpha value is -2.72. The molecule has 0 bridgehead atoms. The van der Waals surface area contributed by atoms with Crippen LogP contribution in [0.25, 0.3) is 0 Å². The van der Waals surface area contributed by atoms with Gasteiger partial charge in [-0.05, 0) is 55.8 Å². The van der Waals surface area contributed by atoms with Crippen molar-refractivity contribution in [3.05, 3.63) is 58.1 Å². The molecule has 0 saturated carbocycles. The third kappa shape index (κ3) is 2.56. The predicted octanol–water partition coefficient (Wildman–Crippen LogP) is 3.90. The Labute approximate surface area is 194 Å². The van der Waals surface area contributed by atoms with Crippen molar-refractivity contribution in [3.8, 4) is 0 Å². The van der Waals surface area contributed by atoms with E-state index in [0.29, 0.717) is 24.2 Å². The molecule has 6 nitrogen and oxygen atoms in total. The topological polar surface area (TPSA) is 69.7 Å². The Kier molecular flexibility index (Phi) is 4.21. The Morgan fingerprint density at radius 1 is 1.06 bits per heavy atom. The number of amides is 3. The highest BCUT2D eigenvalue weighted by Crippen LogP contribution is 2.61. The van der Waals surface area contributed by atoms with Crippen molar-refractivity contribution >= 4 is 45.0 Å². The molecule has 4 atom stereocenters. The molecule has 0 aromatic heterocycles. The number of alkyl halides is 3. The zero-order valence-electron chi connectivity index (χ0n) is 17.0. The van der Waals surface area contributed by atoms with E-state index in [9.17, 15) is 27.6 Å². The minimum atomic E-state index is -4.61. The van der Waals surface area contributed by atoms with Gasteiger partial charge in [-0.3, -0.25) is 19.3 Å². The summed E-state index contributed by atoms with van der Waals surface area (Å²) in [7, 11) is 0. The summed E-state index contributed by atoms with van der Waals surface area (Å²) in [6, 6.07) is 9.19. The lowest BCUT2D eigenvalue weighted by molar-refractivity contribution is -0.137. The summed E-state index contributed by atoms with van der Waals surface area (Å²) in [6.07, 6.45) is -3.22. The number of nitrogens with one attached hydrogen (secondary N) is 1. The third-order valence-electron chi connectivity index (χ3n) is 7.39. The lowest BCUT2D eigenvalue weighted by atomic mass is 9.75. The zero-order chi connectivity index (χ0) is 23.3. The monoisotopic (exact) mass is 519 g/mol. The second-order valence-electron chi connectivity index (χ2n) is 8.88. The molecule has 3 saturated heterocycles. The Bertz CT molecular complexity index is 1250. The van der Waals surface area contributed by atoms with Crippen molar-refractivity contribution in [3.63, 3.8) is 0 Å². The molecule has 4 aliphatic heterocycles. The van der Waals surface area contributed by atoms with Crippen LogP contribution in [0.4, 0.5) is 24.5 Å². The largest absolute Gasteiger partial charge is 0.416 e. The molecule has 2 aromatic carbocycles. The molecule has 170 valence electrons. The quantitative estimate of drug-likeness (QED) is 0.580. The molecule has 1 spiro atoms. The standard InChI is InChI=1S/C23H17BrF3N3O3/c24-12-6-7-15-14(10-12)22(21(33)28-15)18-17(16-5-2-8-29(16)22)19(31)30(20(18)32)13-4-1-3-11(9-13)23(25,26)27/h1,3-4,6-7,9-10,16-18H,2,5,8H2,(H,28,33). The minimum absolute atomic E-state index is 0.123. The van der Waals surface area contributed by atoms with E-state index in [2.05, 4.69) is 21.2 Å². The Morgan fingerprint density at radius 3 is 2.61 bits per heavy atom. The molecule has 2 aromatic rings. The van der Waals surface area contributed by atoms with Crippen LogP contribution in [0.3, 0.4) is 0 Å². The summed E-state index contributed by atoms with van der Waals surface area (Å²) in [5.41, 5.74) is -1.24. The van der Waals surface area contributed by atoms with Gasteiger partial charge in [0.1, 0.15) is 5.54 Å². The van der Waals surface area contributed by atoms with Crippen LogP contribution >= 0.6 is 15.9 Å². The number of halogens is 4. The first kappa shape index (κ1) is 20.9. The minimum Gasteiger partial charge on any atom is -0.324 e. The molecule has 3 amide bonds. The molecule has 1 N–H and O–H groups in total. The van der Waals surface area contributed by atoms with Crippen molar-refractivity contribution in [1.29, 1.82) is 0 Å². The van der Waals surface area contributed by atoms with Crippen LogP contribution < -0.4 is 10.2 Å². The normalized spacial score (nSPS) is 30.7. The van der Waals surface area contributed by atoms with Gasteiger partial charge in [0.2, 0.25) is 17.7 Å². The van der Waals surface area contributed by atoms with Crippen LogP contribution in [0.15, 0.2) is 46.9 Å². The van der Waals surface area contributed by atoms with Crippen LogP contribution in [-0.4, -0.2) is 35.2 Å². The summed E-state index contributed by atoms with van der Waals surface area (Å²) in [6.45, 7) is 0.557. The van der Waals surface area contributed by atoms with Gasteiger partial charge in [-0.2, -0.15) is 13.2 Å². The molecule has 6 rings (SSSR count). The fourth-order valence-corrected chi connectivity index (χ4v) is 6.61. The molecule has 33 heavy (non-hydrogen) atoms. The van der Waals surface area contributed by atoms with Gasteiger partial charge in [-0.1, -0.05) is 22.0 Å². The maximum atomic E-state index is 13.8. The highest BCUT2D eigenvalue weighted by molar-refractivity contribution is 9.10. The van der Waals surface area contributed by atoms with Crippen molar-refractivity contribution in [2.75, 3.05) is 16.8 Å². The van der Waals surface area contributed by atoms with Gasteiger partial charge < -0.3 is 5.32 Å². The molecule has 0 aliphatic carbocycles. The second-order valence-corrected chi connectivity index (χ2v) is 9.79. The first-order valence-corrected chi connectivity index (χ1v) is 11.4. The van der Waals surface area contributed by atoms with Crippen molar-refractivity contribution < 1.29 is 27.6 Å². The molecular weight excluding hydrogens is 503 g/mol. The van der Waals surface area contributed by atoms with Gasteiger partial charge in [0.05, 0.1) is 23.1 Å². The number of hydrogen-bond donors (Lipinski definition) is 1. The Balaban J connectivity index is 1.53. The number of anilines is 2. The van der Waals surface area contributed by atoms with Crippen LogP contribution in [0.5, 0.6) is 0 Å². The highest BCUT2D eigenvalue weighted by atomic mass is 79.9. The summed E-state index contributed by atoms with van der Waals surface area (Å²) >= 11 is 3.44. The van der Waals surface area contributed by atoms with E-state index in [1.807, 2.05) is 4.90 Å². The number of imide groups is 1. The smallest absolute Gasteiger partial charge is 0.324 e. The number of hydrogen-bond acceptors (Lipinski definition) is 4. The predicted molar refractivity (Wildman–Crippen MR) is 115 cm³/mol. The molecule has 10 heteroatoms. The van der Waals surface area contributed by atoms with E-state index < -0.39 is 40.9 Å². The number of carbonyl (C=O) groups is 3. The van der Waals surface area contributed by atoms with Crippen molar-refractivity contribution in [2.24, 2.45) is 11.8 Å². The van der Waals surface area contributed by atoms with Gasteiger partial charge in [0, 0.05) is 21.8 Å². The van der Waals surface area contributed by atoms with Crippen LogP contribution in [-0.2, 0) is 26.1 Å².